The third kappa shape index (κ3) is 1.76. The van der Waals surface area contributed by atoms with Crippen LogP contribution in [0.4, 0.5) is 0 Å². The van der Waals surface area contributed by atoms with Crippen LogP contribution < -0.4 is 0 Å². The van der Waals surface area contributed by atoms with Crippen molar-refractivity contribution in [2.45, 2.75) is 43.7 Å². The van der Waals surface area contributed by atoms with Gasteiger partial charge in [-0.1, -0.05) is 31.0 Å². The molecule has 0 bridgehead atoms. The van der Waals surface area contributed by atoms with Gasteiger partial charge in [-0.15, -0.1) is 0 Å². The molecule has 4 nitrogen and oxygen atoms in total. The first-order valence-corrected chi connectivity index (χ1v) is 8.17. The minimum atomic E-state index is -0.367. The van der Waals surface area contributed by atoms with Gasteiger partial charge in [-0.25, -0.2) is 0 Å². The molecule has 2 aromatic rings. The summed E-state index contributed by atoms with van der Waals surface area (Å²) in [6.07, 6.45) is 6.35. The van der Waals surface area contributed by atoms with E-state index in [9.17, 15) is 9.90 Å². The molecule has 1 saturated heterocycles. The lowest BCUT2D eigenvalue weighted by Crippen LogP contribution is -2.50. The summed E-state index contributed by atoms with van der Waals surface area (Å²) in [5, 5.41) is 11.5. The molecule has 2 aliphatic rings. The van der Waals surface area contributed by atoms with Crippen molar-refractivity contribution in [1.29, 1.82) is 0 Å². The van der Waals surface area contributed by atoms with Crippen LogP contribution in [0, 0.1) is 0 Å². The van der Waals surface area contributed by atoms with Gasteiger partial charge in [0.2, 0.25) is 0 Å². The number of aliphatic hydroxyl groups is 1. The zero-order valence-electron chi connectivity index (χ0n) is 13.0. The van der Waals surface area contributed by atoms with Gasteiger partial charge >= 0.3 is 0 Å². The largest absolute Gasteiger partial charge is 0.391 e. The quantitative estimate of drug-likeness (QED) is 0.880. The molecule has 1 saturated carbocycles. The molecule has 4 heteroatoms. The molecule has 1 aliphatic carbocycles. The fourth-order valence-electron chi connectivity index (χ4n) is 4.47. The number of hydrogen-bond donors (Lipinski definition) is 1. The zero-order valence-corrected chi connectivity index (χ0v) is 13.0. The maximum absolute atomic E-state index is 13.2. The number of likely N-dealkylation sites (tertiary alicyclic amines) is 1. The molecule has 1 unspecified atom stereocenters. The minimum absolute atomic E-state index is 0.0789. The highest BCUT2D eigenvalue weighted by Gasteiger charge is 2.51. The third-order valence-electron chi connectivity index (χ3n) is 5.63. The Morgan fingerprint density at radius 3 is 2.77 bits per heavy atom. The van der Waals surface area contributed by atoms with Crippen LogP contribution in [0.2, 0.25) is 0 Å². The maximum atomic E-state index is 13.2. The van der Waals surface area contributed by atoms with Crippen molar-refractivity contribution in [3.05, 3.63) is 36.0 Å². The summed E-state index contributed by atoms with van der Waals surface area (Å²) in [6, 6.07) is 8.02. The number of amides is 1. The standard InChI is InChI=1S/C18H22N2O2/c1-19-12-14(13-6-2-3-7-15(13)19)17(22)20-11-8-16(21)18(20)9-4-5-10-18/h2-3,6-7,12,16,21H,4-5,8-11H2,1H3. The second-order valence-corrected chi connectivity index (χ2v) is 6.74. The molecule has 1 atom stereocenters. The predicted octanol–water partition coefficient (Wildman–Crippen LogP) is 2.70. The number of fused-ring (bicyclic) bond motifs is 1. The number of carbonyl (C=O) groups excluding carboxylic acids is 1. The Hall–Kier alpha value is -1.81. The van der Waals surface area contributed by atoms with Crippen LogP contribution in [0.5, 0.6) is 0 Å². The molecule has 0 radical (unpaired) electrons. The Labute approximate surface area is 130 Å². The summed E-state index contributed by atoms with van der Waals surface area (Å²) in [4.78, 5) is 15.1. The van der Waals surface area contributed by atoms with Crippen LogP contribution in [-0.4, -0.2) is 38.7 Å². The average molecular weight is 298 g/mol. The molecule has 1 amide bonds. The fourth-order valence-corrected chi connectivity index (χ4v) is 4.47. The molecule has 1 N–H and O–H groups in total. The Morgan fingerprint density at radius 1 is 1.27 bits per heavy atom. The topological polar surface area (TPSA) is 45.5 Å². The summed E-state index contributed by atoms with van der Waals surface area (Å²) in [6.45, 7) is 0.670. The van der Waals surface area contributed by atoms with E-state index in [4.69, 9.17) is 0 Å². The monoisotopic (exact) mass is 298 g/mol. The van der Waals surface area contributed by atoms with Crippen molar-refractivity contribution in [2.24, 2.45) is 7.05 Å². The van der Waals surface area contributed by atoms with Crippen LogP contribution in [0.15, 0.2) is 30.5 Å². The van der Waals surface area contributed by atoms with Gasteiger partial charge in [-0.05, 0) is 25.3 Å². The zero-order chi connectivity index (χ0) is 15.3. The van der Waals surface area contributed by atoms with E-state index >= 15 is 0 Å². The lowest BCUT2D eigenvalue weighted by Gasteiger charge is -2.37. The number of nitrogens with zero attached hydrogens (tertiary/aromatic N) is 2. The molecule has 1 aromatic carbocycles. The summed E-state index contributed by atoms with van der Waals surface area (Å²) in [7, 11) is 1.98. The van der Waals surface area contributed by atoms with Crippen molar-refractivity contribution >= 4 is 16.8 Å². The van der Waals surface area contributed by atoms with Gasteiger partial charge in [0.25, 0.3) is 5.91 Å². The van der Waals surface area contributed by atoms with E-state index in [1.165, 1.54) is 0 Å². The summed E-state index contributed by atoms with van der Waals surface area (Å²) in [5.41, 5.74) is 1.53. The molecule has 22 heavy (non-hydrogen) atoms. The molecule has 1 aliphatic heterocycles. The maximum Gasteiger partial charge on any atom is 0.256 e. The lowest BCUT2D eigenvalue weighted by molar-refractivity contribution is 0.0262. The fraction of sp³-hybridized carbons (Fsp3) is 0.500. The number of aryl methyl sites for hydroxylation is 1. The Kier molecular flexibility index (Phi) is 3.05. The number of rotatable bonds is 1. The number of aromatic nitrogens is 1. The number of carbonyl (C=O) groups is 1. The van der Waals surface area contributed by atoms with E-state index in [0.29, 0.717) is 13.0 Å². The SMILES string of the molecule is Cn1cc(C(=O)N2CCC(O)C23CCCC3)c2ccccc21. The average Bonchev–Trinajstić information content (AvgIpc) is 3.21. The Bertz CT molecular complexity index is 728. The summed E-state index contributed by atoms with van der Waals surface area (Å²) < 4.78 is 2.01. The number of hydrogen-bond acceptors (Lipinski definition) is 2. The molecule has 1 aromatic heterocycles. The van der Waals surface area contributed by atoms with Crippen LogP contribution in [-0.2, 0) is 7.05 Å². The van der Waals surface area contributed by atoms with E-state index < -0.39 is 0 Å². The highest BCUT2D eigenvalue weighted by atomic mass is 16.3. The summed E-state index contributed by atoms with van der Waals surface area (Å²) in [5.74, 6) is 0.0789. The first-order chi connectivity index (χ1) is 10.6. The third-order valence-corrected chi connectivity index (χ3v) is 5.63. The van der Waals surface area contributed by atoms with Crippen LogP contribution in [0.3, 0.4) is 0 Å². The van der Waals surface area contributed by atoms with Gasteiger partial charge in [0.1, 0.15) is 0 Å². The Balaban J connectivity index is 1.77. The lowest BCUT2D eigenvalue weighted by atomic mass is 9.91. The number of aliphatic hydroxyl groups excluding tert-OH is 1. The van der Waals surface area contributed by atoms with E-state index in [1.807, 2.05) is 47.0 Å². The molecular formula is C18H22N2O2. The van der Waals surface area contributed by atoms with Gasteiger partial charge in [0, 0.05) is 30.7 Å². The first kappa shape index (κ1) is 13.8. The van der Waals surface area contributed by atoms with Crippen molar-refractivity contribution in [3.63, 3.8) is 0 Å². The second kappa shape index (κ2) is 4.85. The van der Waals surface area contributed by atoms with Crippen LogP contribution in [0.25, 0.3) is 10.9 Å². The van der Waals surface area contributed by atoms with Gasteiger partial charge < -0.3 is 14.6 Å². The van der Waals surface area contributed by atoms with E-state index in [0.717, 1.165) is 42.1 Å². The van der Waals surface area contributed by atoms with Gasteiger partial charge in [-0.3, -0.25) is 4.79 Å². The molecular weight excluding hydrogens is 276 g/mol. The second-order valence-electron chi connectivity index (χ2n) is 6.74. The molecule has 1 spiro atoms. The molecule has 116 valence electrons. The van der Waals surface area contributed by atoms with Gasteiger partial charge in [0.15, 0.2) is 0 Å². The van der Waals surface area contributed by atoms with E-state index in [2.05, 4.69) is 0 Å². The molecule has 4 rings (SSSR count). The van der Waals surface area contributed by atoms with Gasteiger partial charge in [0.05, 0.1) is 17.2 Å². The smallest absolute Gasteiger partial charge is 0.256 e. The molecule has 2 fully saturated rings. The number of benzene rings is 1. The minimum Gasteiger partial charge on any atom is -0.391 e. The molecule has 2 heterocycles. The van der Waals surface area contributed by atoms with Crippen LogP contribution in [0.1, 0.15) is 42.5 Å². The van der Waals surface area contributed by atoms with E-state index in [-0.39, 0.29) is 17.6 Å². The van der Waals surface area contributed by atoms with Crippen molar-refractivity contribution in [2.75, 3.05) is 6.54 Å². The normalized spacial score (nSPS) is 23.7. The Morgan fingerprint density at radius 2 is 2.00 bits per heavy atom. The predicted molar refractivity (Wildman–Crippen MR) is 85.8 cm³/mol. The number of para-hydroxylation sites is 1. The van der Waals surface area contributed by atoms with Crippen LogP contribution >= 0.6 is 0 Å². The van der Waals surface area contributed by atoms with Crippen molar-refractivity contribution in [1.82, 2.24) is 9.47 Å². The van der Waals surface area contributed by atoms with Gasteiger partial charge in [-0.2, -0.15) is 0 Å². The first-order valence-electron chi connectivity index (χ1n) is 8.17. The van der Waals surface area contributed by atoms with Crippen molar-refractivity contribution in [3.8, 4) is 0 Å². The highest BCUT2D eigenvalue weighted by Crippen LogP contribution is 2.44. The van der Waals surface area contributed by atoms with E-state index in [1.54, 1.807) is 0 Å². The highest BCUT2D eigenvalue weighted by molar-refractivity contribution is 6.07. The van der Waals surface area contributed by atoms with Crippen molar-refractivity contribution < 1.29 is 9.90 Å². The summed E-state index contributed by atoms with van der Waals surface area (Å²) >= 11 is 0.